The molecule has 0 aromatic heterocycles. The van der Waals surface area contributed by atoms with Gasteiger partial charge in [-0.2, -0.15) is 0 Å². The molecule has 0 saturated heterocycles. The summed E-state index contributed by atoms with van der Waals surface area (Å²) >= 11 is 0. The highest BCUT2D eigenvalue weighted by molar-refractivity contribution is 6.07. The second-order valence-electron chi connectivity index (χ2n) is 7.72. The lowest BCUT2D eigenvalue weighted by atomic mass is 10.00. The minimum atomic E-state index is -1.01. The molecule has 0 heterocycles. The normalized spacial score (nSPS) is 11.9. The molecule has 3 aromatic carbocycles. The van der Waals surface area contributed by atoms with Gasteiger partial charge in [-0.3, -0.25) is 0 Å². The average Bonchev–Trinajstić information content (AvgIpc) is 2.78. The number of carbonyl (C=O) groups excluding carboxylic acids is 1. The molecule has 0 radical (unpaired) electrons. The van der Waals surface area contributed by atoms with Crippen LogP contribution in [0, 0.1) is 0 Å². The average molecular weight is 437 g/mol. The molecule has 3 aromatic rings. The Labute approximate surface area is 187 Å². The first-order chi connectivity index (χ1) is 15.4. The summed E-state index contributed by atoms with van der Waals surface area (Å²) in [5.74, 6) is -0.969. The molecule has 0 aliphatic heterocycles. The van der Waals surface area contributed by atoms with Crippen LogP contribution in [0.3, 0.4) is 0 Å². The summed E-state index contributed by atoms with van der Waals surface area (Å²) in [5, 5.41) is 12.8. The van der Waals surface area contributed by atoms with Gasteiger partial charge < -0.3 is 19.3 Å². The monoisotopic (exact) mass is 436 g/mol. The number of unbranched alkanes of at least 4 members (excludes halogenated alkanes) is 1. The van der Waals surface area contributed by atoms with Gasteiger partial charge in [-0.15, -0.1) is 0 Å². The van der Waals surface area contributed by atoms with Gasteiger partial charge in [0.15, 0.2) is 6.10 Å². The van der Waals surface area contributed by atoms with E-state index in [9.17, 15) is 14.7 Å². The van der Waals surface area contributed by atoms with Crippen LogP contribution in [0.2, 0.25) is 0 Å². The van der Waals surface area contributed by atoms with Gasteiger partial charge in [-0.25, -0.2) is 9.59 Å². The fourth-order valence-corrected chi connectivity index (χ4v) is 3.32. The van der Waals surface area contributed by atoms with E-state index in [0.717, 1.165) is 29.0 Å². The van der Waals surface area contributed by atoms with Crippen molar-refractivity contribution < 1.29 is 28.9 Å². The van der Waals surface area contributed by atoms with Crippen molar-refractivity contribution in [2.75, 3.05) is 19.8 Å². The summed E-state index contributed by atoms with van der Waals surface area (Å²) in [5.41, 5.74) is 0.469. The van der Waals surface area contributed by atoms with Crippen molar-refractivity contribution in [1.82, 2.24) is 0 Å². The van der Waals surface area contributed by atoms with Crippen molar-refractivity contribution >= 4 is 33.5 Å². The minimum absolute atomic E-state index is 0.0611. The van der Waals surface area contributed by atoms with Gasteiger partial charge in [-0.1, -0.05) is 50.3 Å². The number of aromatic carboxylic acids is 1. The van der Waals surface area contributed by atoms with Crippen molar-refractivity contribution in [3.05, 3.63) is 66.2 Å². The van der Waals surface area contributed by atoms with Gasteiger partial charge in [0.25, 0.3) is 0 Å². The van der Waals surface area contributed by atoms with E-state index in [1.54, 1.807) is 25.1 Å². The number of ether oxygens (including phenoxy) is 3. The number of esters is 1. The van der Waals surface area contributed by atoms with Crippen LogP contribution in [-0.4, -0.2) is 43.0 Å². The number of benzene rings is 3. The molecule has 0 saturated carbocycles. The zero-order valence-electron chi connectivity index (χ0n) is 18.4. The first kappa shape index (κ1) is 23.3. The third-order valence-electron chi connectivity index (χ3n) is 5.04. The Hall–Kier alpha value is -3.38. The summed E-state index contributed by atoms with van der Waals surface area (Å²) < 4.78 is 17.4. The van der Waals surface area contributed by atoms with Crippen LogP contribution in [0.5, 0.6) is 5.75 Å². The van der Waals surface area contributed by atoms with Gasteiger partial charge in [0.05, 0.1) is 12.2 Å². The molecule has 0 bridgehead atoms. The maximum absolute atomic E-state index is 12.1. The van der Waals surface area contributed by atoms with Crippen molar-refractivity contribution in [2.45, 2.75) is 32.8 Å². The molecular weight excluding hydrogens is 408 g/mol. The van der Waals surface area contributed by atoms with Gasteiger partial charge in [0.1, 0.15) is 12.4 Å². The third kappa shape index (κ3) is 5.65. The number of carboxylic acids is 1. The van der Waals surface area contributed by atoms with E-state index in [-0.39, 0.29) is 18.8 Å². The lowest BCUT2D eigenvalue weighted by Gasteiger charge is -2.20. The van der Waals surface area contributed by atoms with E-state index in [1.165, 1.54) is 0 Å². The number of rotatable bonds is 11. The summed E-state index contributed by atoms with van der Waals surface area (Å²) in [6.45, 7) is 8.11. The molecule has 6 heteroatoms. The number of fused-ring (bicyclic) bond motifs is 2. The maximum Gasteiger partial charge on any atom is 0.335 e. The molecule has 1 unspecified atom stereocenters. The van der Waals surface area contributed by atoms with Crippen LogP contribution in [0.15, 0.2) is 60.7 Å². The Morgan fingerprint density at radius 3 is 2.50 bits per heavy atom. The number of hydrogen-bond donors (Lipinski definition) is 1. The van der Waals surface area contributed by atoms with Crippen molar-refractivity contribution in [3.8, 4) is 5.75 Å². The lowest BCUT2D eigenvalue weighted by molar-refractivity contribution is -0.149. The highest BCUT2D eigenvalue weighted by Crippen LogP contribution is 2.35. The van der Waals surface area contributed by atoms with E-state index >= 15 is 0 Å². The van der Waals surface area contributed by atoms with Gasteiger partial charge in [-0.05, 0) is 42.3 Å². The van der Waals surface area contributed by atoms with Crippen LogP contribution >= 0.6 is 0 Å². The molecule has 3 rings (SSSR count). The van der Waals surface area contributed by atoms with Gasteiger partial charge in [0, 0.05) is 23.0 Å². The van der Waals surface area contributed by atoms with E-state index in [2.05, 4.69) is 13.5 Å². The Balaban J connectivity index is 1.93. The summed E-state index contributed by atoms with van der Waals surface area (Å²) in [7, 11) is 0. The Kier molecular flexibility index (Phi) is 7.84. The first-order valence-electron chi connectivity index (χ1n) is 10.7. The smallest absolute Gasteiger partial charge is 0.335 e. The Bertz CT molecular complexity index is 1130. The largest absolute Gasteiger partial charge is 0.488 e. The van der Waals surface area contributed by atoms with E-state index in [0.29, 0.717) is 23.3 Å². The zero-order chi connectivity index (χ0) is 23.1. The van der Waals surface area contributed by atoms with E-state index < -0.39 is 18.0 Å². The fourth-order valence-electron chi connectivity index (χ4n) is 3.32. The standard InChI is InChI=1S/C26H28O6/c1-4-5-12-30-15-21(32-26(29)17(2)3)16-31-24-22-9-7-6-8-18(22)13-19-10-11-20(25(27)28)14-23(19)24/h6-11,13-14,21H,2,4-5,12,15-16H2,1,3H3,(H,27,28). The molecule has 0 aliphatic rings. The molecule has 0 spiro atoms. The van der Waals surface area contributed by atoms with Gasteiger partial charge >= 0.3 is 11.9 Å². The molecule has 32 heavy (non-hydrogen) atoms. The van der Waals surface area contributed by atoms with Crippen molar-refractivity contribution in [2.24, 2.45) is 0 Å². The topological polar surface area (TPSA) is 82.1 Å². The van der Waals surface area contributed by atoms with Crippen LogP contribution in [-0.2, 0) is 14.3 Å². The lowest BCUT2D eigenvalue weighted by Crippen LogP contribution is -2.30. The zero-order valence-corrected chi connectivity index (χ0v) is 18.4. The van der Waals surface area contributed by atoms with Crippen LogP contribution in [0.4, 0.5) is 0 Å². The molecule has 6 nitrogen and oxygen atoms in total. The summed E-state index contributed by atoms with van der Waals surface area (Å²) in [6.07, 6.45) is 1.28. The number of carboxylic acid groups (broad SMARTS) is 1. The van der Waals surface area contributed by atoms with Crippen LogP contribution in [0.25, 0.3) is 21.5 Å². The van der Waals surface area contributed by atoms with Crippen molar-refractivity contribution in [1.29, 1.82) is 0 Å². The predicted molar refractivity (Wildman–Crippen MR) is 124 cm³/mol. The molecule has 1 N–H and O–H groups in total. The second-order valence-corrected chi connectivity index (χ2v) is 7.72. The fraction of sp³-hybridized carbons (Fsp3) is 0.308. The van der Waals surface area contributed by atoms with Gasteiger partial charge in [0.2, 0.25) is 0 Å². The van der Waals surface area contributed by atoms with E-state index in [4.69, 9.17) is 14.2 Å². The molecule has 0 aliphatic carbocycles. The SMILES string of the molecule is C=C(C)C(=O)OC(COCCCC)COc1c2ccccc2cc2ccc(C(=O)O)cc12. The summed E-state index contributed by atoms with van der Waals surface area (Å²) in [6, 6.07) is 14.7. The molecule has 0 fully saturated rings. The number of hydrogen-bond acceptors (Lipinski definition) is 5. The minimum Gasteiger partial charge on any atom is -0.488 e. The van der Waals surface area contributed by atoms with E-state index in [1.807, 2.05) is 30.3 Å². The highest BCUT2D eigenvalue weighted by Gasteiger charge is 2.19. The highest BCUT2D eigenvalue weighted by atomic mass is 16.6. The second kappa shape index (κ2) is 10.8. The molecular formula is C26H28O6. The molecule has 1 atom stereocenters. The Morgan fingerprint density at radius 2 is 1.78 bits per heavy atom. The summed E-state index contributed by atoms with van der Waals surface area (Å²) in [4.78, 5) is 23.6. The maximum atomic E-state index is 12.1. The Morgan fingerprint density at radius 1 is 1.03 bits per heavy atom. The van der Waals surface area contributed by atoms with Crippen LogP contribution in [0.1, 0.15) is 37.0 Å². The third-order valence-corrected chi connectivity index (χ3v) is 5.04. The first-order valence-corrected chi connectivity index (χ1v) is 10.7. The quantitative estimate of drug-likeness (QED) is 0.188. The van der Waals surface area contributed by atoms with Crippen molar-refractivity contribution in [3.63, 3.8) is 0 Å². The molecule has 0 amide bonds. The predicted octanol–water partition coefficient (Wildman–Crippen LogP) is 5.37. The number of carbonyl (C=O) groups is 2. The van der Waals surface area contributed by atoms with Crippen LogP contribution < -0.4 is 4.74 Å². The molecule has 168 valence electrons.